The number of rotatable bonds is 2. The molecule has 1 heterocycles. The van der Waals surface area contributed by atoms with E-state index in [0.717, 1.165) is 31.5 Å². The second kappa shape index (κ2) is 5.61. The first kappa shape index (κ1) is 12.5. The average molecular weight is 273 g/mol. The van der Waals surface area contributed by atoms with Gasteiger partial charge in [0, 0.05) is 12.2 Å². The van der Waals surface area contributed by atoms with Crippen LogP contribution in [0, 0.1) is 0 Å². The largest absolute Gasteiger partial charge is 0.374 e. The molecule has 1 unspecified atom stereocenters. The maximum Gasteiger partial charge on any atom is 0.242 e. The monoisotopic (exact) mass is 272 g/mol. The first-order valence-corrected chi connectivity index (χ1v) is 6.42. The standard InChI is InChI=1S/C12H14Cl2N2O/c13-9-5-4-8(7-10(9)14)16-11-3-1-2-6-15-12(11)17/h4-5,7,11,16H,1-3,6H2,(H,15,17). The Morgan fingerprint density at radius 2 is 2.06 bits per heavy atom. The van der Waals surface area contributed by atoms with Gasteiger partial charge in [-0.15, -0.1) is 0 Å². The molecule has 5 heteroatoms. The second-order valence-corrected chi connectivity index (χ2v) is 4.93. The molecular weight excluding hydrogens is 259 g/mol. The quantitative estimate of drug-likeness (QED) is 0.869. The molecule has 0 aromatic heterocycles. The summed E-state index contributed by atoms with van der Waals surface area (Å²) in [4.78, 5) is 11.7. The van der Waals surface area contributed by atoms with Gasteiger partial charge in [0.25, 0.3) is 0 Å². The summed E-state index contributed by atoms with van der Waals surface area (Å²) in [5.41, 5.74) is 0.821. The van der Waals surface area contributed by atoms with Crippen LogP contribution in [0.4, 0.5) is 5.69 Å². The van der Waals surface area contributed by atoms with Gasteiger partial charge in [0.15, 0.2) is 0 Å². The molecule has 1 aliphatic heterocycles. The molecule has 1 aliphatic rings. The van der Waals surface area contributed by atoms with E-state index in [2.05, 4.69) is 10.6 Å². The van der Waals surface area contributed by atoms with Crippen LogP contribution in [0.25, 0.3) is 0 Å². The number of anilines is 1. The Hall–Kier alpha value is -0.930. The second-order valence-electron chi connectivity index (χ2n) is 4.11. The normalized spacial score (nSPS) is 20.6. The van der Waals surface area contributed by atoms with E-state index in [4.69, 9.17) is 23.2 Å². The van der Waals surface area contributed by atoms with E-state index in [9.17, 15) is 4.79 Å². The van der Waals surface area contributed by atoms with Gasteiger partial charge in [-0.3, -0.25) is 4.79 Å². The van der Waals surface area contributed by atoms with Crippen molar-refractivity contribution in [2.24, 2.45) is 0 Å². The molecule has 0 saturated carbocycles. The smallest absolute Gasteiger partial charge is 0.242 e. The molecule has 17 heavy (non-hydrogen) atoms. The minimum absolute atomic E-state index is 0.0496. The van der Waals surface area contributed by atoms with Crippen molar-refractivity contribution in [3.63, 3.8) is 0 Å². The fourth-order valence-corrected chi connectivity index (χ4v) is 2.16. The van der Waals surface area contributed by atoms with Crippen molar-refractivity contribution < 1.29 is 4.79 Å². The fraction of sp³-hybridized carbons (Fsp3) is 0.417. The fourth-order valence-electron chi connectivity index (χ4n) is 1.86. The highest BCUT2D eigenvalue weighted by Gasteiger charge is 2.20. The lowest BCUT2D eigenvalue weighted by atomic mass is 10.1. The minimum Gasteiger partial charge on any atom is -0.374 e. The molecule has 1 atom stereocenters. The first-order valence-electron chi connectivity index (χ1n) is 5.66. The third kappa shape index (κ3) is 3.27. The highest BCUT2D eigenvalue weighted by Crippen LogP contribution is 2.25. The number of halogens is 2. The number of amides is 1. The van der Waals surface area contributed by atoms with Gasteiger partial charge in [-0.2, -0.15) is 0 Å². The lowest BCUT2D eigenvalue weighted by Gasteiger charge is -2.16. The lowest BCUT2D eigenvalue weighted by Crippen LogP contribution is -2.37. The third-order valence-corrected chi connectivity index (χ3v) is 3.53. The summed E-state index contributed by atoms with van der Waals surface area (Å²) in [6.45, 7) is 0.762. The number of carbonyl (C=O) groups excluding carboxylic acids is 1. The van der Waals surface area contributed by atoms with Gasteiger partial charge in [-0.05, 0) is 37.5 Å². The molecule has 1 fully saturated rings. The Kier molecular flexibility index (Phi) is 4.13. The number of nitrogens with one attached hydrogen (secondary N) is 2. The predicted molar refractivity (Wildman–Crippen MR) is 70.7 cm³/mol. The van der Waals surface area contributed by atoms with E-state index >= 15 is 0 Å². The zero-order valence-corrected chi connectivity index (χ0v) is 10.8. The van der Waals surface area contributed by atoms with E-state index in [1.165, 1.54) is 0 Å². The Bertz CT molecular complexity index is 423. The molecule has 0 spiro atoms. The van der Waals surface area contributed by atoms with Gasteiger partial charge in [-0.25, -0.2) is 0 Å². The summed E-state index contributed by atoms with van der Waals surface area (Å²) in [7, 11) is 0. The van der Waals surface area contributed by atoms with E-state index in [0.29, 0.717) is 10.0 Å². The topological polar surface area (TPSA) is 41.1 Å². The van der Waals surface area contributed by atoms with Crippen LogP contribution in [0.5, 0.6) is 0 Å². The predicted octanol–water partition coefficient (Wildman–Crippen LogP) is 3.07. The van der Waals surface area contributed by atoms with E-state index in [1.807, 2.05) is 6.07 Å². The number of benzene rings is 1. The van der Waals surface area contributed by atoms with Crippen molar-refractivity contribution in [3.05, 3.63) is 28.2 Å². The molecule has 0 bridgehead atoms. The van der Waals surface area contributed by atoms with Crippen molar-refractivity contribution in [2.75, 3.05) is 11.9 Å². The Morgan fingerprint density at radius 3 is 2.82 bits per heavy atom. The first-order chi connectivity index (χ1) is 8.16. The summed E-state index contributed by atoms with van der Waals surface area (Å²) in [6.07, 6.45) is 2.91. The SMILES string of the molecule is O=C1NCCCCC1Nc1ccc(Cl)c(Cl)c1. The van der Waals surface area contributed by atoms with Crippen LogP contribution in [0.2, 0.25) is 10.0 Å². The summed E-state index contributed by atoms with van der Waals surface area (Å²) < 4.78 is 0. The molecule has 2 rings (SSSR count). The van der Waals surface area contributed by atoms with Crippen molar-refractivity contribution in [1.29, 1.82) is 0 Å². The minimum atomic E-state index is -0.185. The Labute approximate surface area is 110 Å². The zero-order chi connectivity index (χ0) is 12.3. The van der Waals surface area contributed by atoms with Crippen LogP contribution in [0.1, 0.15) is 19.3 Å². The van der Waals surface area contributed by atoms with Gasteiger partial charge in [-0.1, -0.05) is 23.2 Å². The third-order valence-electron chi connectivity index (χ3n) is 2.80. The van der Waals surface area contributed by atoms with E-state index < -0.39 is 0 Å². The number of hydrogen-bond acceptors (Lipinski definition) is 2. The Balaban J connectivity index is 2.08. The molecule has 1 aromatic carbocycles. The summed E-state index contributed by atoms with van der Waals surface area (Å²) >= 11 is 11.8. The lowest BCUT2D eigenvalue weighted by molar-refractivity contribution is -0.121. The van der Waals surface area contributed by atoms with Gasteiger partial charge in [0.2, 0.25) is 5.91 Å². The van der Waals surface area contributed by atoms with Crippen LogP contribution in [0.3, 0.4) is 0 Å². The van der Waals surface area contributed by atoms with Crippen LogP contribution in [-0.4, -0.2) is 18.5 Å². The molecule has 2 N–H and O–H groups in total. The van der Waals surface area contributed by atoms with Crippen LogP contribution < -0.4 is 10.6 Å². The van der Waals surface area contributed by atoms with Crippen molar-refractivity contribution in [1.82, 2.24) is 5.32 Å². The van der Waals surface area contributed by atoms with Crippen molar-refractivity contribution in [2.45, 2.75) is 25.3 Å². The van der Waals surface area contributed by atoms with E-state index in [1.54, 1.807) is 12.1 Å². The van der Waals surface area contributed by atoms with Crippen LogP contribution >= 0.6 is 23.2 Å². The molecule has 1 aromatic rings. The molecule has 1 saturated heterocycles. The van der Waals surface area contributed by atoms with Crippen LogP contribution in [-0.2, 0) is 4.79 Å². The molecular formula is C12H14Cl2N2O. The number of hydrogen-bond donors (Lipinski definition) is 2. The molecule has 1 amide bonds. The average Bonchev–Trinajstić information content (AvgIpc) is 2.50. The summed E-state index contributed by atoms with van der Waals surface area (Å²) in [5.74, 6) is 0.0496. The Morgan fingerprint density at radius 1 is 1.24 bits per heavy atom. The summed E-state index contributed by atoms with van der Waals surface area (Å²) in [5, 5.41) is 7.07. The number of carbonyl (C=O) groups is 1. The van der Waals surface area contributed by atoms with Gasteiger partial charge >= 0.3 is 0 Å². The van der Waals surface area contributed by atoms with Crippen molar-refractivity contribution >= 4 is 34.8 Å². The summed E-state index contributed by atoms with van der Waals surface area (Å²) in [6, 6.07) is 5.10. The molecule has 92 valence electrons. The van der Waals surface area contributed by atoms with Gasteiger partial charge in [0.1, 0.15) is 6.04 Å². The van der Waals surface area contributed by atoms with E-state index in [-0.39, 0.29) is 11.9 Å². The maximum atomic E-state index is 11.7. The van der Waals surface area contributed by atoms with Crippen LogP contribution in [0.15, 0.2) is 18.2 Å². The highest BCUT2D eigenvalue weighted by molar-refractivity contribution is 6.42. The maximum absolute atomic E-state index is 11.7. The zero-order valence-electron chi connectivity index (χ0n) is 9.30. The van der Waals surface area contributed by atoms with Crippen molar-refractivity contribution in [3.8, 4) is 0 Å². The van der Waals surface area contributed by atoms with Gasteiger partial charge < -0.3 is 10.6 Å². The highest BCUT2D eigenvalue weighted by atomic mass is 35.5. The molecule has 0 aliphatic carbocycles. The molecule has 3 nitrogen and oxygen atoms in total. The molecule has 0 radical (unpaired) electrons. The van der Waals surface area contributed by atoms with Gasteiger partial charge in [0.05, 0.1) is 10.0 Å².